The van der Waals surface area contributed by atoms with Gasteiger partial charge in [-0.3, -0.25) is 4.79 Å². The molecule has 3 aromatic rings. The highest BCUT2D eigenvalue weighted by molar-refractivity contribution is 6.33. The molecule has 1 heterocycles. The normalized spacial score (nSPS) is 10.4. The highest BCUT2D eigenvalue weighted by Crippen LogP contribution is 2.24. The van der Waals surface area contributed by atoms with Gasteiger partial charge < -0.3 is 10.6 Å². The van der Waals surface area contributed by atoms with Crippen molar-refractivity contribution in [3.05, 3.63) is 76.7 Å². The maximum Gasteiger partial charge on any atom is 0.274 e. The number of hydrogen-bond donors (Lipinski definition) is 2. The quantitative estimate of drug-likeness (QED) is 0.711. The first-order chi connectivity index (χ1) is 12.0. The number of anilines is 3. The Kier molecular flexibility index (Phi) is 4.95. The van der Waals surface area contributed by atoms with Crippen LogP contribution in [0.3, 0.4) is 0 Å². The van der Waals surface area contributed by atoms with Crippen molar-refractivity contribution in [1.82, 2.24) is 9.97 Å². The van der Waals surface area contributed by atoms with E-state index in [1.165, 1.54) is 0 Å². The lowest BCUT2D eigenvalue weighted by molar-refractivity contribution is 0.102. The summed E-state index contributed by atoms with van der Waals surface area (Å²) < 4.78 is 0. The highest BCUT2D eigenvalue weighted by atomic mass is 35.5. The molecule has 2 N–H and O–H groups in total. The Morgan fingerprint density at radius 2 is 1.72 bits per heavy atom. The van der Waals surface area contributed by atoms with Crippen LogP contribution in [0.25, 0.3) is 0 Å². The number of halogens is 1. The Labute approximate surface area is 151 Å². The second-order valence-corrected chi connectivity index (χ2v) is 6.02. The number of aryl methyl sites for hydroxylation is 2. The van der Waals surface area contributed by atoms with Crippen LogP contribution >= 0.6 is 11.6 Å². The van der Waals surface area contributed by atoms with E-state index in [0.29, 0.717) is 28.0 Å². The average molecular weight is 353 g/mol. The van der Waals surface area contributed by atoms with E-state index in [2.05, 4.69) is 20.6 Å². The fourth-order valence-corrected chi connectivity index (χ4v) is 2.46. The van der Waals surface area contributed by atoms with Gasteiger partial charge >= 0.3 is 0 Å². The van der Waals surface area contributed by atoms with Crippen molar-refractivity contribution in [2.75, 3.05) is 10.6 Å². The lowest BCUT2D eigenvalue weighted by atomic mass is 10.2. The second kappa shape index (κ2) is 7.32. The largest absolute Gasteiger partial charge is 0.339 e. The molecule has 0 fully saturated rings. The van der Waals surface area contributed by atoms with Crippen molar-refractivity contribution < 1.29 is 4.79 Å². The molecule has 1 amide bonds. The SMILES string of the molecule is Cc1ccc(NC(=O)c2cc(Nc3ccccc3Cl)nc(C)n2)cc1. The molecule has 6 heteroatoms. The van der Waals surface area contributed by atoms with Crippen molar-refractivity contribution in [3.63, 3.8) is 0 Å². The number of nitrogens with one attached hydrogen (secondary N) is 2. The smallest absolute Gasteiger partial charge is 0.274 e. The minimum Gasteiger partial charge on any atom is -0.339 e. The number of aromatic nitrogens is 2. The standard InChI is InChI=1S/C19H17ClN4O/c1-12-7-9-14(10-8-12)23-19(25)17-11-18(22-13(2)21-17)24-16-6-4-3-5-15(16)20/h3-11H,1-2H3,(H,23,25)(H,21,22,24). The molecule has 0 saturated heterocycles. The minimum atomic E-state index is -0.295. The van der Waals surface area contributed by atoms with Crippen LogP contribution in [0.1, 0.15) is 21.9 Å². The van der Waals surface area contributed by atoms with Gasteiger partial charge in [0, 0.05) is 11.8 Å². The molecule has 0 aliphatic heterocycles. The molecule has 0 aliphatic rings. The molecular weight excluding hydrogens is 336 g/mol. The molecule has 0 atom stereocenters. The molecule has 0 bridgehead atoms. The third-order valence-corrected chi connectivity index (χ3v) is 3.85. The Balaban J connectivity index is 1.82. The molecule has 5 nitrogen and oxygen atoms in total. The summed E-state index contributed by atoms with van der Waals surface area (Å²) in [6.45, 7) is 3.73. The molecule has 2 aromatic carbocycles. The molecule has 25 heavy (non-hydrogen) atoms. The molecular formula is C19H17ClN4O. The summed E-state index contributed by atoms with van der Waals surface area (Å²) in [6.07, 6.45) is 0. The van der Waals surface area contributed by atoms with Crippen LogP contribution < -0.4 is 10.6 Å². The third-order valence-electron chi connectivity index (χ3n) is 3.52. The van der Waals surface area contributed by atoms with Crippen LogP contribution in [0.15, 0.2) is 54.6 Å². The van der Waals surface area contributed by atoms with E-state index in [0.717, 1.165) is 5.56 Å². The van der Waals surface area contributed by atoms with Gasteiger partial charge in [-0.25, -0.2) is 9.97 Å². The summed E-state index contributed by atoms with van der Waals surface area (Å²) in [5, 5.41) is 6.52. The molecule has 1 aromatic heterocycles. The van der Waals surface area contributed by atoms with Gasteiger partial charge in [-0.05, 0) is 38.1 Å². The number of hydrogen-bond acceptors (Lipinski definition) is 4. The van der Waals surface area contributed by atoms with Crippen molar-refractivity contribution >= 4 is 34.7 Å². The molecule has 126 valence electrons. The van der Waals surface area contributed by atoms with E-state index >= 15 is 0 Å². The number of carbonyl (C=O) groups is 1. The fraction of sp³-hybridized carbons (Fsp3) is 0.105. The van der Waals surface area contributed by atoms with Crippen molar-refractivity contribution in [2.45, 2.75) is 13.8 Å². The van der Waals surface area contributed by atoms with Crippen molar-refractivity contribution in [2.24, 2.45) is 0 Å². The van der Waals surface area contributed by atoms with E-state index in [9.17, 15) is 4.79 Å². The topological polar surface area (TPSA) is 66.9 Å². The van der Waals surface area contributed by atoms with Gasteiger partial charge in [0.05, 0.1) is 10.7 Å². The zero-order valence-electron chi connectivity index (χ0n) is 13.9. The Morgan fingerprint density at radius 3 is 2.44 bits per heavy atom. The van der Waals surface area contributed by atoms with E-state index in [-0.39, 0.29) is 11.6 Å². The van der Waals surface area contributed by atoms with Crippen LogP contribution in [-0.2, 0) is 0 Å². The Morgan fingerprint density at radius 1 is 1.00 bits per heavy atom. The van der Waals surface area contributed by atoms with Crippen molar-refractivity contribution in [3.8, 4) is 0 Å². The van der Waals surface area contributed by atoms with Crippen molar-refractivity contribution in [1.29, 1.82) is 0 Å². The predicted molar refractivity (Wildman–Crippen MR) is 101 cm³/mol. The summed E-state index contributed by atoms with van der Waals surface area (Å²) in [5.41, 5.74) is 2.84. The summed E-state index contributed by atoms with van der Waals surface area (Å²) in [7, 11) is 0. The zero-order chi connectivity index (χ0) is 17.8. The summed E-state index contributed by atoms with van der Waals surface area (Å²) >= 11 is 6.15. The lowest BCUT2D eigenvalue weighted by Gasteiger charge is -2.10. The number of carbonyl (C=O) groups excluding carboxylic acids is 1. The second-order valence-electron chi connectivity index (χ2n) is 5.61. The molecule has 0 aliphatic carbocycles. The Bertz CT molecular complexity index is 910. The zero-order valence-corrected chi connectivity index (χ0v) is 14.6. The van der Waals surface area contributed by atoms with Crippen LogP contribution in [0.4, 0.5) is 17.2 Å². The van der Waals surface area contributed by atoms with Crippen LogP contribution in [0, 0.1) is 13.8 Å². The van der Waals surface area contributed by atoms with Crippen LogP contribution in [-0.4, -0.2) is 15.9 Å². The Hall–Kier alpha value is -2.92. The van der Waals surface area contributed by atoms with E-state index in [4.69, 9.17) is 11.6 Å². The fourth-order valence-electron chi connectivity index (χ4n) is 2.28. The van der Waals surface area contributed by atoms with Gasteiger partial charge in [0.2, 0.25) is 0 Å². The summed E-state index contributed by atoms with van der Waals surface area (Å²) in [6, 6.07) is 16.5. The van der Waals surface area contributed by atoms with E-state index in [1.807, 2.05) is 49.4 Å². The monoisotopic (exact) mass is 352 g/mol. The molecule has 3 rings (SSSR count). The number of rotatable bonds is 4. The van der Waals surface area contributed by atoms with Gasteiger partial charge in [0.25, 0.3) is 5.91 Å². The lowest BCUT2D eigenvalue weighted by Crippen LogP contribution is -2.15. The predicted octanol–water partition coefficient (Wildman–Crippen LogP) is 4.74. The number of para-hydroxylation sites is 1. The van der Waals surface area contributed by atoms with Crippen LogP contribution in [0.2, 0.25) is 5.02 Å². The van der Waals surface area contributed by atoms with E-state index < -0.39 is 0 Å². The summed E-state index contributed by atoms with van der Waals surface area (Å²) in [4.78, 5) is 21.0. The molecule has 0 radical (unpaired) electrons. The van der Waals surface area contributed by atoms with Gasteiger partial charge in [0.1, 0.15) is 17.3 Å². The van der Waals surface area contributed by atoms with Gasteiger partial charge in [0.15, 0.2) is 0 Å². The number of benzene rings is 2. The first-order valence-corrected chi connectivity index (χ1v) is 8.14. The number of amides is 1. The summed E-state index contributed by atoms with van der Waals surface area (Å²) in [5.74, 6) is 0.706. The van der Waals surface area contributed by atoms with E-state index in [1.54, 1.807) is 19.1 Å². The first-order valence-electron chi connectivity index (χ1n) is 7.76. The first kappa shape index (κ1) is 16.9. The minimum absolute atomic E-state index is 0.280. The third kappa shape index (κ3) is 4.33. The maximum absolute atomic E-state index is 12.5. The number of nitrogens with zero attached hydrogens (tertiary/aromatic N) is 2. The van der Waals surface area contributed by atoms with Crippen LogP contribution in [0.5, 0.6) is 0 Å². The molecule has 0 unspecified atom stereocenters. The maximum atomic E-state index is 12.5. The van der Waals surface area contributed by atoms with Gasteiger partial charge in [-0.1, -0.05) is 41.4 Å². The van der Waals surface area contributed by atoms with Gasteiger partial charge in [-0.2, -0.15) is 0 Å². The average Bonchev–Trinajstić information content (AvgIpc) is 2.58. The van der Waals surface area contributed by atoms with Gasteiger partial charge in [-0.15, -0.1) is 0 Å². The molecule has 0 saturated carbocycles. The highest BCUT2D eigenvalue weighted by Gasteiger charge is 2.12. The molecule has 0 spiro atoms.